The van der Waals surface area contributed by atoms with E-state index in [2.05, 4.69) is 18.9 Å². The highest BCUT2D eigenvalue weighted by Gasteiger charge is 2.30. The zero-order chi connectivity index (χ0) is 13.8. The van der Waals surface area contributed by atoms with Gasteiger partial charge < -0.3 is 14.7 Å². The van der Waals surface area contributed by atoms with Crippen molar-refractivity contribution < 1.29 is 9.84 Å². The number of aliphatic hydroxyl groups excluding tert-OH is 1. The molecule has 0 radical (unpaired) electrons. The standard InChI is InChI=1S/C16H25NO2/c1-12-6-4-5-7-16(12)19-11-15(18)10-17(3)13(2)14-8-9-14/h4-7,13-15,18H,8-11H2,1-3H3. The summed E-state index contributed by atoms with van der Waals surface area (Å²) in [7, 11) is 2.08. The van der Waals surface area contributed by atoms with E-state index >= 15 is 0 Å². The average Bonchev–Trinajstić information content (AvgIpc) is 3.21. The first-order chi connectivity index (χ1) is 9.08. The Bertz CT molecular complexity index is 403. The van der Waals surface area contributed by atoms with E-state index < -0.39 is 6.10 Å². The van der Waals surface area contributed by atoms with Gasteiger partial charge in [-0.05, 0) is 51.3 Å². The van der Waals surface area contributed by atoms with E-state index in [-0.39, 0.29) is 0 Å². The molecule has 3 nitrogen and oxygen atoms in total. The number of para-hydroxylation sites is 1. The van der Waals surface area contributed by atoms with Crippen LogP contribution >= 0.6 is 0 Å². The third-order valence-corrected chi connectivity index (χ3v) is 4.02. The number of aryl methyl sites for hydroxylation is 1. The largest absolute Gasteiger partial charge is 0.491 e. The van der Waals surface area contributed by atoms with Gasteiger partial charge in [0.15, 0.2) is 0 Å². The maximum absolute atomic E-state index is 10.1. The van der Waals surface area contributed by atoms with E-state index in [1.807, 2.05) is 31.2 Å². The van der Waals surface area contributed by atoms with Gasteiger partial charge in [0.25, 0.3) is 0 Å². The van der Waals surface area contributed by atoms with Gasteiger partial charge in [0.2, 0.25) is 0 Å². The van der Waals surface area contributed by atoms with E-state index in [0.717, 1.165) is 17.2 Å². The lowest BCUT2D eigenvalue weighted by molar-refractivity contribution is 0.0620. The monoisotopic (exact) mass is 263 g/mol. The molecule has 2 unspecified atom stereocenters. The van der Waals surface area contributed by atoms with Crippen molar-refractivity contribution in [1.29, 1.82) is 0 Å². The van der Waals surface area contributed by atoms with Gasteiger partial charge in [-0.3, -0.25) is 0 Å². The summed E-state index contributed by atoms with van der Waals surface area (Å²) in [5.41, 5.74) is 1.11. The number of hydrogen-bond acceptors (Lipinski definition) is 3. The second-order valence-corrected chi connectivity index (χ2v) is 5.75. The summed E-state index contributed by atoms with van der Waals surface area (Å²) in [5.74, 6) is 1.69. The molecule has 3 heteroatoms. The minimum absolute atomic E-state index is 0.354. The Kier molecular flexibility index (Phi) is 4.83. The molecule has 1 aromatic rings. The highest BCUT2D eigenvalue weighted by molar-refractivity contribution is 5.31. The third kappa shape index (κ3) is 4.22. The van der Waals surface area contributed by atoms with Gasteiger partial charge >= 0.3 is 0 Å². The van der Waals surface area contributed by atoms with Crippen LogP contribution in [0, 0.1) is 12.8 Å². The average molecular weight is 263 g/mol. The van der Waals surface area contributed by atoms with E-state index in [0.29, 0.717) is 19.2 Å². The van der Waals surface area contributed by atoms with Crippen molar-refractivity contribution in [3.05, 3.63) is 29.8 Å². The van der Waals surface area contributed by atoms with Gasteiger partial charge in [-0.15, -0.1) is 0 Å². The maximum Gasteiger partial charge on any atom is 0.122 e. The van der Waals surface area contributed by atoms with Crippen LogP contribution in [-0.2, 0) is 0 Å². The first-order valence-electron chi connectivity index (χ1n) is 7.14. The summed E-state index contributed by atoms with van der Waals surface area (Å²) in [6.45, 7) is 5.28. The molecule has 0 spiro atoms. The lowest BCUT2D eigenvalue weighted by Crippen LogP contribution is -2.39. The summed E-state index contributed by atoms with van der Waals surface area (Å²) in [6, 6.07) is 8.47. The molecule has 2 atom stereocenters. The van der Waals surface area contributed by atoms with Crippen LogP contribution < -0.4 is 4.74 Å². The molecule has 0 aliphatic heterocycles. The number of aliphatic hydroxyl groups is 1. The Morgan fingerprint density at radius 1 is 1.37 bits per heavy atom. The van der Waals surface area contributed by atoms with Crippen LogP contribution in [0.4, 0.5) is 0 Å². The van der Waals surface area contributed by atoms with Crippen LogP contribution in [0.5, 0.6) is 5.75 Å². The molecule has 1 aliphatic carbocycles. The molecule has 1 aliphatic rings. The van der Waals surface area contributed by atoms with Crippen LogP contribution in [-0.4, -0.2) is 42.4 Å². The molecule has 0 saturated heterocycles. The molecule has 0 bridgehead atoms. The summed E-state index contributed by atoms with van der Waals surface area (Å²) < 4.78 is 5.68. The molecule has 106 valence electrons. The van der Waals surface area contributed by atoms with Crippen LogP contribution in [0.3, 0.4) is 0 Å². The summed E-state index contributed by atoms with van der Waals surface area (Å²) in [5, 5.41) is 10.1. The van der Waals surface area contributed by atoms with Crippen LogP contribution in [0.2, 0.25) is 0 Å². The number of nitrogens with zero attached hydrogens (tertiary/aromatic N) is 1. The molecule has 0 heterocycles. The molecule has 2 rings (SSSR count). The Labute approximate surface area is 116 Å². The molecule has 1 saturated carbocycles. The van der Waals surface area contributed by atoms with Crippen LogP contribution in [0.15, 0.2) is 24.3 Å². The molecular weight excluding hydrogens is 238 g/mol. The summed E-state index contributed by atoms with van der Waals surface area (Å²) in [6.07, 6.45) is 2.23. The molecule has 1 fully saturated rings. The van der Waals surface area contributed by atoms with Crippen LogP contribution in [0.1, 0.15) is 25.3 Å². The number of rotatable bonds is 7. The fourth-order valence-corrected chi connectivity index (χ4v) is 2.39. The maximum atomic E-state index is 10.1. The van der Waals surface area contributed by atoms with Gasteiger partial charge in [-0.1, -0.05) is 18.2 Å². The van der Waals surface area contributed by atoms with Crippen molar-refractivity contribution in [2.45, 2.75) is 38.8 Å². The SMILES string of the molecule is Cc1ccccc1OCC(O)CN(C)C(C)C1CC1. The quantitative estimate of drug-likeness (QED) is 0.820. The molecule has 0 aromatic heterocycles. The van der Waals surface area contributed by atoms with Gasteiger partial charge in [0.1, 0.15) is 18.5 Å². The number of hydrogen-bond donors (Lipinski definition) is 1. The Balaban J connectivity index is 1.75. The number of ether oxygens (including phenoxy) is 1. The number of benzene rings is 1. The van der Waals surface area contributed by atoms with Crippen LogP contribution in [0.25, 0.3) is 0 Å². The molecule has 19 heavy (non-hydrogen) atoms. The second kappa shape index (κ2) is 6.40. The number of likely N-dealkylation sites (N-methyl/N-ethyl adjacent to an activating group) is 1. The highest BCUT2D eigenvalue weighted by Crippen LogP contribution is 2.34. The zero-order valence-corrected chi connectivity index (χ0v) is 12.2. The smallest absolute Gasteiger partial charge is 0.122 e. The van der Waals surface area contributed by atoms with Gasteiger partial charge in [0.05, 0.1) is 0 Å². The Morgan fingerprint density at radius 2 is 2.05 bits per heavy atom. The minimum Gasteiger partial charge on any atom is -0.491 e. The Morgan fingerprint density at radius 3 is 2.68 bits per heavy atom. The fourth-order valence-electron chi connectivity index (χ4n) is 2.39. The first kappa shape index (κ1) is 14.4. The summed E-state index contributed by atoms with van der Waals surface area (Å²) in [4.78, 5) is 2.24. The second-order valence-electron chi connectivity index (χ2n) is 5.75. The van der Waals surface area contributed by atoms with Gasteiger partial charge in [-0.2, -0.15) is 0 Å². The van der Waals surface area contributed by atoms with Crippen molar-refractivity contribution in [2.24, 2.45) is 5.92 Å². The van der Waals surface area contributed by atoms with E-state index in [1.54, 1.807) is 0 Å². The van der Waals surface area contributed by atoms with E-state index in [1.165, 1.54) is 12.8 Å². The predicted molar refractivity (Wildman–Crippen MR) is 77.5 cm³/mol. The molecular formula is C16H25NO2. The van der Waals surface area contributed by atoms with Gasteiger partial charge in [0, 0.05) is 12.6 Å². The van der Waals surface area contributed by atoms with E-state index in [4.69, 9.17) is 4.74 Å². The highest BCUT2D eigenvalue weighted by atomic mass is 16.5. The Hall–Kier alpha value is -1.06. The third-order valence-electron chi connectivity index (χ3n) is 4.02. The lowest BCUT2D eigenvalue weighted by Gasteiger charge is -2.27. The van der Waals surface area contributed by atoms with Crippen molar-refractivity contribution in [3.63, 3.8) is 0 Å². The molecule has 1 N–H and O–H groups in total. The molecule has 1 aromatic carbocycles. The predicted octanol–water partition coefficient (Wildman–Crippen LogP) is 2.47. The summed E-state index contributed by atoms with van der Waals surface area (Å²) >= 11 is 0. The minimum atomic E-state index is -0.439. The fraction of sp³-hybridized carbons (Fsp3) is 0.625. The van der Waals surface area contributed by atoms with Crippen molar-refractivity contribution >= 4 is 0 Å². The van der Waals surface area contributed by atoms with Crippen molar-refractivity contribution in [2.75, 3.05) is 20.2 Å². The topological polar surface area (TPSA) is 32.7 Å². The van der Waals surface area contributed by atoms with E-state index in [9.17, 15) is 5.11 Å². The van der Waals surface area contributed by atoms with Gasteiger partial charge in [-0.25, -0.2) is 0 Å². The lowest BCUT2D eigenvalue weighted by atomic mass is 10.2. The normalized spacial score (nSPS) is 18.4. The molecule has 0 amide bonds. The zero-order valence-electron chi connectivity index (χ0n) is 12.2. The first-order valence-corrected chi connectivity index (χ1v) is 7.14. The van der Waals surface area contributed by atoms with Crippen molar-refractivity contribution in [3.8, 4) is 5.75 Å². The van der Waals surface area contributed by atoms with Crippen molar-refractivity contribution in [1.82, 2.24) is 4.90 Å².